The van der Waals surface area contributed by atoms with Gasteiger partial charge >= 0.3 is 6.09 Å². The van der Waals surface area contributed by atoms with E-state index in [2.05, 4.69) is 26.3 Å². The fraction of sp³-hybridized carbons (Fsp3) is 0.611. The number of carbonyl (C=O) groups is 1. The highest BCUT2D eigenvalue weighted by atomic mass is 16.5. The molecule has 22 heavy (non-hydrogen) atoms. The molecule has 0 saturated carbocycles. The molecule has 1 rings (SSSR count). The van der Waals surface area contributed by atoms with Crippen LogP contribution in [-0.2, 0) is 11.3 Å². The number of rotatable bonds is 8. The van der Waals surface area contributed by atoms with Crippen molar-refractivity contribution in [3.63, 3.8) is 0 Å². The number of quaternary nitrogens is 1. The molecular formula is C18H31N2O2+. The highest BCUT2D eigenvalue weighted by Crippen LogP contribution is 2.13. The van der Waals surface area contributed by atoms with Crippen molar-refractivity contribution in [2.75, 3.05) is 27.2 Å². The molecule has 0 heterocycles. The molecule has 0 atom stereocenters. The summed E-state index contributed by atoms with van der Waals surface area (Å²) in [5, 5.41) is 2.97. The molecule has 124 valence electrons. The van der Waals surface area contributed by atoms with E-state index in [0.717, 1.165) is 29.6 Å². The number of nitrogens with zero attached hydrogens (tertiary/aromatic N) is 1. The molecule has 0 aliphatic carbocycles. The van der Waals surface area contributed by atoms with Crippen LogP contribution in [0.3, 0.4) is 0 Å². The average molecular weight is 307 g/mol. The first-order chi connectivity index (χ1) is 10.2. The van der Waals surface area contributed by atoms with Gasteiger partial charge < -0.3 is 14.5 Å². The number of hydrogen-bond acceptors (Lipinski definition) is 2. The van der Waals surface area contributed by atoms with Crippen LogP contribution in [-0.4, -0.2) is 43.3 Å². The lowest BCUT2D eigenvalue weighted by Gasteiger charge is -2.34. The molecule has 0 aliphatic rings. The van der Waals surface area contributed by atoms with Crippen molar-refractivity contribution in [3.8, 4) is 0 Å². The molecule has 0 aliphatic heterocycles. The molecule has 1 aromatic carbocycles. The minimum absolute atomic E-state index is 0.267. The lowest BCUT2D eigenvalue weighted by molar-refractivity contribution is -0.890. The summed E-state index contributed by atoms with van der Waals surface area (Å²) in [7, 11) is 4.46. The highest BCUT2D eigenvalue weighted by Gasteiger charge is 2.25. The molecule has 0 unspecified atom stereocenters. The maximum Gasteiger partial charge on any atom is 0.407 e. The lowest BCUT2D eigenvalue weighted by Crippen LogP contribution is -2.49. The molecule has 0 spiro atoms. The Morgan fingerprint density at radius 1 is 1.18 bits per heavy atom. The van der Waals surface area contributed by atoms with E-state index in [1.54, 1.807) is 0 Å². The van der Waals surface area contributed by atoms with Gasteiger partial charge in [-0.2, -0.15) is 0 Å². The lowest BCUT2D eigenvalue weighted by atomic mass is 10.0. The Bertz CT molecular complexity index is 455. The maximum atomic E-state index is 11.9. The van der Waals surface area contributed by atoms with Crippen LogP contribution < -0.4 is 5.32 Å². The van der Waals surface area contributed by atoms with Gasteiger partial charge in [0.2, 0.25) is 0 Å². The highest BCUT2D eigenvalue weighted by molar-refractivity contribution is 5.68. The van der Waals surface area contributed by atoms with Gasteiger partial charge in [-0.1, -0.05) is 37.3 Å². The zero-order valence-electron chi connectivity index (χ0n) is 14.7. The van der Waals surface area contributed by atoms with E-state index in [1.807, 2.05) is 44.2 Å². The number of amides is 1. The van der Waals surface area contributed by atoms with Gasteiger partial charge in [0, 0.05) is 12.0 Å². The van der Waals surface area contributed by atoms with Gasteiger partial charge in [0.1, 0.15) is 6.61 Å². The van der Waals surface area contributed by atoms with Crippen molar-refractivity contribution in [3.05, 3.63) is 35.9 Å². The van der Waals surface area contributed by atoms with Crippen LogP contribution in [0.2, 0.25) is 0 Å². The molecular weight excluding hydrogens is 276 g/mol. The number of nitrogens with one attached hydrogen (secondary N) is 1. The Balaban J connectivity index is 2.38. The Labute approximate surface area is 135 Å². The van der Waals surface area contributed by atoms with Gasteiger partial charge in [-0.25, -0.2) is 4.79 Å². The molecule has 0 saturated heterocycles. The molecule has 1 aromatic rings. The molecule has 1 amide bonds. The van der Waals surface area contributed by atoms with Crippen LogP contribution in [0, 0.1) is 0 Å². The Hall–Kier alpha value is -1.55. The quantitative estimate of drug-likeness (QED) is 0.746. The van der Waals surface area contributed by atoms with Crippen molar-refractivity contribution < 1.29 is 14.0 Å². The second-order valence-corrected chi connectivity index (χ2v) is 7.20. The SMILES string of the molecule is CCC[N+](C)(C)CCC(C)(C)NC(=O)OCc1ccccc1. The van der Waals surface area contributed by atoms with Crippen molar-refractivity contribution in [1.29, 1.82) is 0 Å². The number of ether oxygens (including phenoxy) is 1. The van der Waals surface area contributed by atoms with Gasteiger partial charge in [0.05, 0.1) is 27.2 Å². The van der Waals surface area contributed by atoms with Crippen LogP contribution in [0.15, 0.2) is 30.3 Å². The summed E-state index contributed by atoms with van der Waals surface area (Å²) in [5.41, 5.74) is 0.730. The summed E-state index contributed by atoms with van der Waals surface area (Å²) >= 11 is 0. The minimum Gasteiger partial charge on any atom is -0.445 e. The zero-order valence-corrected chi connectivity index (χ0v) is 14.7. The van der Waals surface area contributed by atoms with Crippen molar-refractivity contribution in [1.82, 2.24) is 5.32 Å². The minimum atomic E-state index is -0.352. The van der Waals surface area contributed by atoms with E-state index >= 15 is 0 Å². The number of benzene rings is 1. The second-order valence-electron chi connectivity index (χ2n) is 7.20. The van der Waals surface area contributed by atoms with E-state index in [0.29, 0.717) is 6.61 Å². The third-order valence-electron chi connectivity index (χ3n) is 3.82. The van der Waals surface area contributed by atoms with Gasteiger partial charge in [-0.05, 0) is 25.8 Å². The fourth-order valence-electron chi connectivity index (χ4n) is 2.40. The number of carbonyl (C=O) groups excluding carboxylic acids is 1. The maximum absolute atomic E-state index is 11.9. The summed E-state index contributed by atoms with van der Waals surface area (Å²) in [4.78, 5) is 11.9. The standard InChI is InChI=1S/C18H30N2O2/c1-6-13-20(4,5)14-12-18(2,3)19-17(21)22-15-16-10-8-7-9-11-16/h7-11H,6,12-15H2,1-5H3/p+1. The van der Waals surface area contributed by atoms with E-state index in [9.17, 15) is 4.79 Å². The van der Waals surface area contributed by atoms with Crippen LogP contribution in [0.25, 0.3) is 0 Å². The molecule has 1 N–H and O–H groups in total. The zero-order chi connectivity index (χ0) is 16.6. The van der Waals surface area contributed by atoms with Crippen molar-refractivity contribution in [2.45, 2.75) is 45.8 Å². The van der Waals surface area contributed by atoms with Gasteiger partial charge in [-0.3, -0.25) is 0 Å². The molecule has 0 aromatic heterocycles. The summed E-state index contributed by atoms with van der Waals surface area (Å²) in [6.07, 6.45) is 1.73. The topological polar surface area (TPSA) is 38.3 Å². The van der Waals surface area contributed by atoms with E-state index in [1.165, 1.54) is 6.42 Å². The van der Waals surface area contributed by atoms with E-state index < -0.39 is 0 Å². The normalized spacial score (nSPS) is 12.0. The van der Waals surface area contributed by atoms with E-state index in [-0.39, 0.29) is 11.6 Å². The third-order valence-corrected chi connectivity index (χ3v) is 3.82. The van der Waals surface area contributed by atoms with Crippen molar-refractivity contribution >= 4 is 6.09 Å². The largest absolute Gasteiger partial charge is 0.445 e. The van der Waals surface area contributed by atoms with Crippen LogP contribution >= 0.6 is 0 Å². The first-order valence-corrected chi connectivity index (χ1v) is 8.05. The van der Waals surface area contributed by atoms with Gasteiger partial charge in [0.15, 0.2) is 0 Å². The van der Waals surface area contributed by atoms with Gasteiger partial charge in [0.25, 0.3) is 0 Å². The summed E-state index contributed by atoms with van der Waals surface area (Å²) < 4.78 is 6.26. The Morgan fingerprint density at radius 3 is 2.41 bits per heavy atom. The van der Waals surface area contributed by atoms with Crippen molar-refractivity contribution in [2.24, 2.45) is 0 Å². The van der Waals surface area contributed by atoms with E-state index in [4.69, 9.17) is 4.74 Å². The monoisotopic (exact) mass is 307 g/mol. The first-order valence-electron chi connectivity index (χ1n) is 8.05. The van der Waals surface area contributed by atoms with Crippen LogP contribution in [0.1, 0.15) is 39.2 Å². The summed E-state index contributed by atoms with van der Waals surface area (Å²) in [6.45, 7) is 8.77. The predicted molar refractivity (Wildman–Crippen MR) is 90.6 cm³/mol. The second kappa shape index (κ2) is 8.18. The molecule has 4 heteroatoms. The smallest absolute Gasteiger partial charge is 0.407 e. The molecule has 0 radical (unpaired) electrons. The summed E-state index contributed by atoms with van der Waals surface area (Å²) in [6, 6.07) is 9.72. The number of alkyl carbamates (subject to hydrolysis) is 1. The van der Waals surface area contributed by atoms with Crippen LogP contribution in [0.4, 0.5) is 4.79 Å². The molecule has 4 nitrogen and oxygen atoms in total. The average Bonchev–Trinajstić information content (AvgIpc) is 2.44. The third kappa shape index (κ3) is 7.46. The molecule has 0 bridgehead atoms. The first kappa shape index (κ1) is 18.5. The number of hydrogen-bond donors (Lipinski definition) is 1. The Morgan fingerprint density at radius 2 is 1.82 bits per heavy atom. The molecule has 0 fully saturated rings. The van der Waals surface area contributed by atoms with Gasteiger partial charge in [-0.15, -0.1) is 0 Å². The fourth-order valence-corrected chi connectivity index (χ4v) is 2.40. The summed E-state index contributed by atoms with van der Waals surface area (Å²) in [5.74, 6) is 0. The Kier molecular flexibility index (Phi) is 6.88. The van der Waals surface area contributed by atoms with Crippen LogP contribution in [0.5, 0.6) is 0 Å². The predicted octanol–water partition coefficient (Wildman–Crippen LogP) is 3.57.